The van der Waals surface area contributed by atoms with Crippen LogP contribution < -0.4 is 5.32 Å². The predicted octanol–water partition coefficient (Wildman–Crippen LogP) is 3.17. The number of aromatic nitrogens is 3. The van der Waals surface area contributed by atoms with E-state index in [1.807, 2.05) is 20.0 Å². The lowest BCUT2D eigenvalue weighted by Gasteiger charge is -2.07. The minimum Gasteiger partial charge on any atom is -0.381 e. The number of hydrogen-bond acceptors (Lipinski definition) is 3. The molecule has 0 saturated carbocycles. The summed E-state index contributed by atoms with van der Waals surface area (Å²) in [7, 11) is 1.84. The summed E-state index contributed by atoms with van der Waals surface area (Å²) in [6.45, 7) is 2.35. The first-order valence-corrected chi connectivity index (χ1v) is 6.51. The quantitative estimate of drug-likeness (QED) is 0.805. The van der Waals surface area contributed by atoms with Crippen molar-refractivity contribution in [1.29, 1.82) is 0 Å². The van der Waals surface area contributed by atoms with E-state index in [9.17, 15) is 8.78 Å². The lowest BCUT2D eigenvalue weighted by Crippen LogP contribution is -2.01. The van der Waals surface area contributed by atoms with Gasteiger partial charge in [0.2, 0.25) is 0 Å². The van der Waals surface area contributed by atoms with E-state index in [2.05, 4.69) is 15.4 Å². The minimum atomic E-state index is -0.603. The zero-order valence-corrected chi connectivity index (χ0v) is 11.7. The molecule has 3 rings (SSSR count). The smallest absolute Gasteiger partial charge is 0.157 e. The van der Waals surface area contributed by atoms with Gasteiger partial charge in [0.25, 0.3) is 0 Å². The molecule has 2 aromatic heterocycles. The fourth-order valence-corrected chi connectivity index (χ4v) is 2.31. The van der Waals surface area contributed by atoms with Crippen LogP contribution in [0.5, 0.6) is 0 Å². The maximum atomic E-state index is 13.1. The average Bonchev–Trinajstić information content (AvgIpc) is 2.70. The molecule has 0 unspecified atom stereocenters. The minimum absolute atomic E-state index is 0.399. The number of nitrogens with zero attached hydrogens (tertiary/aromatic N) is 3. The molecule has 0 aliphatic heterocycles. The van der Waals surface area contributed by atoms with Crippen LogP contribution in [0.1, 0.15) is 11.3 Å². The van der Waals surface area contributed by atoms with Gasteiger partial charge in [-0.05, 0) is 30.7 Å². The number of rotatable bonds is 3. The van der Waals surface area contributed by atoms with Crippen molar-refractivity contribution in [2.45, 2.75) is 13.5 Å². The number of halogens is 2. The van der Waals surface area contributed by atoms with Crippen LogP contribution in [0, 0.1) is 18.6 Å². The highest BCUT2D eigenvalue weighted by atomic mass is 19.1. The van der Waals surface area contributed by atoms with E-state index in [1.165, 1.54) is 12.1 Å². The normalized spacial score (nSPS) is 11.0. The second kappa shape index (κ2) is 5.12. The molecule has 0 bridgehead atoms. The molecule has 21 heavy (non-hydrogen) atoms. The lowest BCUT2D eigenvalue weighted by molar-refractivity contribution is 0.584. The molecule has 4 nitrogen and oxygen atoms in total. The van der Waals surface area contributed by atoms with Gasteiger partial charge in [0.05, 0.1) is 5.69 Å². The Kier molecular flexibility index (Phi) is 3.29. The maximum absolute atomic E-state index is 13.1. The molecular formula is C15H14F2N4. The van der Waals surface area contributed by atoms with Crippen molar-refractivity contribution in [3.8, 4) is 0 Å². The van der Waals surface area contributed by atoms with Crippen LogP contribution in [-0.2, 0) is 13.6 Å². The number of hydrogen-bond donors (Lipinski definition) is 1. The summed E-state index contributed by atoms with van der Waals surface area (Å²) >= 11 is 0. The van der Waals surface area contributed by atoms with Gasteiger partial charge in [-0.1, -0.05) is 0 Å². The Balaban J connectivity index is 1.83. The Morgan fingerprint density at radius 2 is 1.86 bits per heavy atom. The van der Waals surface area contributed by atoms with E-state index >= 15 is 0 Å². The van der Waals surface area contributed by atoms with Gasteiger partial charge < -0.3 is 5.32 Å². The van der Waals surface area contributed by atoms with E-state index in [0.29, 0.717) is 12.2 Å². The standard InChI is InChI=1S/C15H14F2N4/c1-9-14-3-10(8-19-15(14)21(2)20-9)7-18-13-5-11(16)4-12(17)6-13/h3-6,8,18H,7H2,1-2H3. The number of pyridine rings is 1. The molecule has 0 atom stereocenters. The fourth-order valence-electron chi connectivity index (χ4n) is 2.31. The molecule has 0 fully saturated rings. The zero-order valence-electron chi connectivity index (χ0n) is 11.7. The van der Waals surface area contributed by atoms with Gasteiger partial charge in [-0.25, -0.2) is 13.8 Å². The van der Waals surface area contributed by atoms with Gasteiger partial charge in [-0.3, -0.25) is 4.68 Å². The Bertz CT molecular complexity index is 791. The van der Waals surface area contributed by atoms with Crippen molar-refractivity contribution in [3.05, 3.63) is 53.4 Å². The number of anilines is 1. The molecule has 1 N–H and O–H groups in total. The summed E-state index contributed by atoms with van der Waals surface area (Å²) in [5.74, 6) is -1.21. The van der Waals surface area contributed by atoms with Crippen molar-refractivity contribution in [2.24, 2.45) is 7.05 Å². The lowest BCUT2D eigenvalue weighted by atomic mass is 10.2. The van der Waals surface area contributed by atoms with Crippen LogP contribution in [0.4, 0.5) is 14.5 Å². The molecule has 3 aromatic rings. The molecule has 108 valence electrons. The van der Waals surface area contributed by atoms with E-state index in [0.717, 1.165) is 28.4 Å². The number of benzene rings is 1. The Hall–Kier alpha value is -2.50. The van der Waals surface area contributed by atoms with Crippen molar-refractivity contribution in [3.63, 3.8) is 0 Å². The van der Waals surface area contributed by atoms with Crippen molar-refractivity contribution in [1.82, 2.24) is 14.8 Å². The third-order valence-electron chi connectivity index (χ3n) is 3.28. The average molecular weight is 288 g/mol. The largest absolute Gasteiger partial charge is 0.381 e. The number of fused-ring (bicyclic) bond motifs is 1. The van der Waals surface area contributed by atoms with E-state index in [1.54, 1.807) is 10.9 Å². The first-order chi connectivity index (χ1) is 10.0. The van der Waals surface area contributed by atoms with Crippen molar-refractivity contribution >= 4 is 16.7 Å². The fraction of sp³-hybridized carbons (Fsp3) is 0.200. The molecule has 0 aliphatic rings. The molecule has 0 spiro atoms. The van der Waals surface area contributed by atoms with Crippen LogP contribution >= 0.6 is 0 Å². The Morgan fingerprint density at radius 1 is 1.14 bits per heavy atom. The number of aryl methyl sites for hydroxylation is 2. The molecule has 0 aliphatic carbocycles. The predicted molar refractivity (Wildman–Crippen MR) is 76.9 cm³/mol. The third-order valence-corrected chi connectivity index (χ3v) is 3.28. The van der Waals surface area contributed by atoms with Gasteiger partial charge in [0, 0.05) is 36.9 Å². The second-order valence-corrected chi connectivity index (χ2v) is 4.94. The monoisotopic (exact) mass is 288 g/mol. The third kappa shape index (κ3) is 2.69. The first-order valence-electron chi connectivity index (χ1n) is 6.51. The topological polar surface area (TPSA) is 42.7 Å². The summed E-state index contributed by atoms with van der Waals surface area (Å²) in [5.41, 5.74) is 3.03. The van der Waals surface area contributed by atoms with Crippen molar-refractivity contribution in [2.75, 3.05) is 5.32 Å². The summed E-state index contributed by atoms with van der Waals surface area (Å²) < 4.78 is 28.0. The van der Waals surface area contributed by atoms with Gasteiger partial charge in [0.15, 0.2) is 5.65 Å². The molecular weight excluding hydrogens is 274 g/mol. The van der Waals surface area contributed by atoms with Crippen LogP contribution in [0.25, 0.3) is 11.0 Å². The highest BCUT2D eigenvalue weighted by molar-refractivity contribution is 5.78. The summed E-state index contributed by atoms with van der Waals surface area (Å²) in [4.78, 5) is 4.36. The molecule has 0 saturated heterocycles. The SMILES string of the molecule is Cc1nn(C)c2ncc(CNc3cc(F)cc(F)c3)cc12. The second-order valence-electron chi connectivity index (χ2n) is 4.94. The van der Waals surface area contributed by atoms with E-state index in [4.69, 9.17) is 0 Å². The molecule has 1 aromatic carbocycles. The first kappa shape index (κ1) is 13.5. The van der Waals surface area contributed by atoms with Crippen LogP contribution in [0.2, 0.25) is 0 Å². The maximum Gasteiger partial charge on any atom is 0.157 e. The molecule has 2 heterocycles. The molecule has 0 amide bonds. The van der Waals surface area contributed by atoms with Crippen molar-refractivity contribution < 1.29 is 8.78 Å². The van der Waals surface area contributed by atoms with Gasteiger partial charge in [-0.15, -0.1) is 0 Å². The molecule has 0 radical (unpaired) electrons. The van der Waals surface area contributed by atoms with Gasteiger partial charge in [-0.2, -0.15) is 5.10 Å². The van der Waals surface area contributed by atoms with Gasteiger partial charge >= 0.3 is 0 Å². The van der Waals surface area contributed by atoms with Crippen LogP contribution in [0.15, 0.2) is 30.5 Å². The Labute approximate surface area is 120 Å². The summed E-state index contributed by atoms with van der Waals surface area (Å²) in [5, 5.41) is 8.27. The van der Waals surface area contributed by atoms with Crippen LogP contribution in [-0.4, -0.2) is 14.8 Å². The number of nitrogens with one attached hydrogen (secondary N) is 1. The van der Waals surface area contributed by atoms with E-state index < -0.39 is 11.6 Å². The van der Waals surface area contributed by atoms with Crippen LogP contribution in [0.3, 0.4) is 0 Å². The summed E-state index contributed by atoms with van der Waals surface area (Å²) in [6, 6.07) is 5.33. The summed E-state index contributed by atoms with van der Waals surface area (Å²) in [6.07, 6.45) is 1.73. The van der Waals surface area contributed by atoms with E-state index in [-0.39, 0.29) is 0 Å². The highest BCUT2D eigenvalue weighted by Crippen LogP contribution is 2.18. The zero-order chi connectivity index (χ0) is 15.0. The Morgan fingerprint density at radius 3 is 2.57 bits per heavy atom. The highest BCUT2D eigenvalue weighted by Gasteiger charge is 2.07. The molecule has 6 heteroatoms. The van der Waals surface area contributed by atoms with Gasteiger partial charge in [0.1, 0.15) is 11.6 Å².